The Kier molecular flexibility index (Phi) is 4.99. The van der Waals surface area contributed by atoms with Gasteiger partial charge in [0.05, 0.1) is 12.1 Å². The number of hydrogen-bond donors (Lipinski definition) is 2. The first-order valence-electron chi connectivity index (χ1n) is 6.35. The Hall–Kier alpha value is -0.810. The van der Waals surface area contributed by atoms with Crippen molar-refractivity contribution in [3.63, 3.8) is 0 Å². The lowest BCUT2D eigenvalue weighted by Crippen LogP contribution is -2.54. The number of rotatable bonds is 4. The fourth-order valence-corrected chi connectivity index (χ4v) is 2.39. The molecule has 6 heteroatoms. The van der Waals surface area contributed by atoms with Crippen molar-refractivity contribution in [3.05, 3.63) is 0 Å². The first-order valence-corrected chi connectivity index (χ1v) is 6.35. The molecule has 0 heterocycles. The van der Waals surface area contributed by atoms with E-state index in [4.69, 9.17) is 5.73 Å². The fraction of sp³-hybridized carbons (Fsp3) is 0.833. The predicted molar refractivity (Wildman–Crippen MR) is 71.4 cm³/mol. The second-order valence-electron chi connectivity index (χ2n) is 5.37. The van der Waals surface area contributed by atoms with Gasteiger partial charge < -0.3 is 16.0 Å². The first kappa shape index (κ1) is 15.2. The van der Waals surface area contributed by atoms with Gasteiger partial charge in [-0.2, -0.15) is 0 Å². The summed E-state index contributed by atoms with van der Waals surface area (Å²) in [5.41, 5.74) is 5.34. The maximum atomic E-state index is 12.1. The number of carbonyl (C=O) groups is 2. The van der Waals surface area contributed by atoms with Gasteiger partial charge in [0.1, 0.15) is 0 Å². The molecule has 2 saturated carbocycles. The van der Waals surface area contributed by atoms with Crippen molar-refractivity contribution in [3.8, 4) is 0 Å². The first-order chi connectivity index (χ1) is 8.01. The highest BCUT2D eigenvalue weighted by Gasteiger charge is 2.39. The molecule has 104 valence electrons. The molecule has 0 aromatic carbocycles. The normalized spacial score (nSPS) is 21.0. The molecule has 2 fully saturated rings. The van der Waals surface area contributed by atoms with E-state index in [1.807, 2.05) is 0 Å². The van der Waals surface area contributed by atoms with Gasteiger partial charge in [0.25, 0.3) is 0 Å². The molecule has 0 radical (unpaired) electrons. The minimum atomic E-state index is -0.728. The lowest BCUT2D eigenvalue weighted by Gasteiger charge is -2.28. The van der Waals surface area contributed by atoms with Crippen LogP contribution in [0.15, 0.2) is 0 Å². The average Bonchev–Trinajstić information content (AvgIpc) is 2.96. The Morgan fingerprint density at radius 1 is 1.33 bits per heavy atom. The van der Waals surface area contributed by atoms with Crippen molar-refractivity contribution >= 4 is 24.2 Å². The highest BCUT2D eigenvalue weighted by Crippen LogP contribution is 2.28. The van der Waals surface area contributed by atoms with Crippen LogP contribution in [-0.2, 0) is 9.59 Å². The molecular formula is C12H22ClN3O2. The van der Waals surface area contributed by atoms with Crippen molar-refractivity contribution in [1.82, 2.24) is 10.2 Å². The molecule has 0 saturated heterocycles. The van der Waals surface area contributed by atoms with Gasteiger partial charge in [-0.1, -0.05) is 12.8 Å². The number of nitrogens with zero attached hydrogens (tertiary/aromatic N) is 1. The summed E-state index contributed by atoms with van der Waals surface area (Å²) in [6.07, 6.45) is 5.60. The molecule has 0 atom stereocenters. The van der Waals surface area contributed by atoms with Crippen molar-refractivity contribution in [2.45, 2.75) is 50.1 Å². The van der Waals surface area contributed by atoms with E-state index in [-0.39, 0.29) is 30.8 Å². The Bertz CT molecular complexity index is 325. The van der Waals surface area contributed by atoms with E-state index < -0.39 is 5.54 Å². The Morgan fingerprint density at radius 2 is 1.89 bits per heavy atom. The number of likely N-dealkylation sites (N-methyl/N-ethyl adjacent to an activating group) is 1. The second-order valence-corrected chi connectivity index (χ2v) is 5.37. The van der Waals surface area contributed by atoms with Crippen LogP contribution in [0.25, 0.3) is 0 Å². The molecule has 0 bridgehead atoms. The van der Waals surface area contributed by atoms with Crippen LogP contribution in [0, 0.1) is 0 Å². The standard InChI is InChI=1S/C12H21N3O2.ClH/c1-15(8-10(16)14-9-4-5-9)11(17)12(13)6-2-3-7-12;/h9H,2-8,13H2,1H3,(H,14,16);1H. The molecule has 2 aliphatic rings. The third-order valence-electron chi connectivity index (χ3n) is 3.59. The second kappa shape index (κ2) is 5.89. The van der Waals surface area contributed by atoms with E-state index >= 15 is 0 Å². The highest BCUT2D eigenvalue weighted by atomic mass is 35.5. The van der Waals surface area contributed by atoms with E-state index in [1.165, 1.54) is 4.90 Å². The van der Waals surface area contributed by atoms with Crippen LogP contribution in [0.2, 0.25) is 0 Å². The Morgan fingerprint density at radius 3 is 2.39 bits per heavy atom. The number of amides is 2. The predicted octanol–water partition coefficient (Wildman–Crippen LogP) is 0.417. The van der Waals surface area contributed by atoms with Crippen LogP contribution in [0.1, 0.15) is 38.5 Å². The number of nitrogens with one attached hydrogen (secondary N) is 1. The van der Waals surface area contributed by atoms with Gasteiger partial charge in [-0.3, -0.25) is 9.59 Å². The number of hydrogen-bond acceptors (Lipinski definition) is 3. The van der Waals surface area contributed by atoms with Crippen molar-refractivity contribution in [2.75, 3.05) is 13.6 Å². The van der Waals surface area contributed by atoms with Gasteiger partial charge in [-0.25, -0.2) is 0 Å². The molecule has 5 nitrogen and oxygen atoms in total. The van der Waals surface area contributed by atoms with Gasteiger partial charge in [0.15, 0.2) is 0 Å². The highest BCUT2D eigenvalue weighted by molar-refractivity contribution is 5.90. The van der Waals surface area contributed by atoms with Crippen LogP contribution in [0.5, 0.6) is 0 Å². The number of nitrogens with two attached hydrogens (primary N) is 1. The molecule has 0 unspecified atom stereocenters. The minimum Gasteiger partial charge on any atom is -0.352 e. The largest absolute Gasteiger partial charge is 0.352 e. The average molecular weight is 276 g/mol. The smallest absolute Gasteiger partial charge is 0.242 e. The van der Waals surface area contributed by atoms with Gasteiger partial charge in [-0.15, -0.1) is 12.4 Å². The van der Waals surface area contributed by atoms with Gasteiger partial charge in [0, 0.05) is 13.1 Å². The fourth-order valence-electron chi connectivity index (χ4n) is 2.39. The number of halogens is 1. The summed E-state index contributed by atoms with van der Waals surface area (Å²) in [7, 11) is 1.65. The zero-order valence-corrected chi connectivity index (χ0v) is 11.6. The summed E-state index contributed by atoms with van der Waals surface area (Å²) in [6.45, 7) is 0.119. The summed E-state index contributed by atoms with van der Waals surface area (Å²) in [4.78, 5) is 25.2. The van der Waals surface area contributed by atoms with Crippen LogP contribution in [0.3, 0.4) is 0 Å². The molecule has 2 amide bonds. The topological polar surface area (TPSA) is 75.4 Å². The third-order valence-corrected chi connectivity index (χ3v) is 3.59. The molecule has 0 aromatic heterocycles. The molecule has 3 N–H and O–H groups in total. The molecule has 0 spiro atoms. The maximum Gasteiger partial charge on any atom is 0.242 e. The molecule has 0 aliphatic heterocycles. The van der Waals surface area contributed by atoms with Crippen molar-refractivity contribution in [2.24, 2.45) is 5.73 Å². The van der Waals surface area contributed by atoms with E-state index in [1.54, 1.807) is 7.05 Å². The monoisotopic (exact) mass is 275 g/mol. The zero-order chi connectivity index (χ0) is 12.5. The lowest BCUT2D eigenvalue weighted by atomic mass is 9.97. The van der Waals surface area contributed by atoms with Gasteiger partial charge in [-0.05, 0) is 25.7 Å². The van der Waals surface area contributed by atoms with Crippen LogP contribution >= 0.6 is 12.4 Å². The number of carbonyl (C=O) groups excluding carboxylic acids is 2. The van der Waals surface area contributed by atoms with Crippen LogP contribution < -0.4 is 11.1 Å². The van der Waals surface area contributed by atoms with E-state index in [0.717, 1.165) is 38.5 Å². The van der Waals surface area contributed by atoms with Crippen molar-refractivity contribution in [1.29, 1.82) is 0 Å². The summed E-state index contributed by atoms with van der Waals surface area (Å²) < 4.78 is 0. The summed E-state index contributed by atoms with van der Waals surface area (Å²) in [6, 6.07) is 0.337. The SMILES string of the molecule is CN(CC(=O)NC1CC1)C(=O)C1(N)CCCC1.Cl. The van der Waals surface area contributed by atoms with Crippen molar-refractivity contribution < 1.29 is 9.59 Å². The molecular weight excluding hydrogens is 254 g/mol. The minimum absolute atomic E-state index is 0. The van der Waals surface area contributed by atoms with E-state index in [2.05, 4.69) is 5.32 Å². The van der Waals surface area contributed by atoms with Crippen LogP contribution in [0.4, 0.5) is 0 Å². The van der Waals surface area contributed by atoms with Crippen LogP contribution in [-0.4, -0.2) is 41.9 Å². The zero-order valence-electron chi connectivity index (χ0n) is 10.8. The third kappa shape index (κ3) is 3.59. The molecule has 18 heavy (non-hydrogen) atoms. The summed E-state index contributed by atoms with van der Waals surface area (Å²) in [5, 5.41) is 2.87. The summed E-state index contributed by atoms with van der Waals surface area (Å²) in [5.74, 6) is -0.175. The molecule has 2 rings (SSSR count). The summed E-state index contributed by atoms with van der Waals surface area (Å²) >= 11 is 0. The maximum absolute atomic E-state index is 12.1. The lowest BCUT2D eigenvalue weighted by molar-refractivity contribution is -0.139. The molecule has 2 aliphatic carbocycles. The quantitative estimate of drug-likeness (QED) is 0.781. The van der Waals surface area contributed by atoms with Gasteiger partial charge >= 0.3 is 0 Å². The van der Waals surface area contributed by atoms with Gasteiger partial charge in [0.2, 0.25) is 11.8 Å². The Balaban J connectivity index is 0.00000162. The van der Waals surface area contributed by atoms with E-state index in [0.29, 0.717) is 6.04 Å². The van der Waals surface area contributed by atoms with E-state index in [9.17, 15) is 9.59 Å². The Labute approximate surface area is 114 Å². The molecule has 0 aromatic rings.